The second-order valence-electron chi connectivity index (χ2n) is 6.65. The van der Waals surface area contributed by atoms with E-state index in [0.717, 1.165) is 29.6 Å². The van der Waals surface area contributed by atoms with Crippen molar-refractivity contribution in [2.75, 3.05) is 11.1 Å². The fraction of sp³-hybridized carbons (Fsp3) is 0.286. The van der Waals surface area contributed by atoms with Gasteiger partial charge in [0, 0.05) is 18.2 Å². The molecule has 6 heteroatoms. The van der Waals surface area contributed by atoms with E-state index in [9.17, 15) is 4.79 Å². The van der Waals surface area contributed by atoms with Gasteiger partial charge in [-0.15, -0.1) is 10.2 Å². The molecule has 2 unspecified atom stereocenters. The monoisotopic (exact) mass is 378 g/mol. The largest absolute Gasteiger partial charge is 0.325 e. The molecule has 1 amide bonds. The van der Waals surface area contributed by atoms with E-state index >= 15 is 0 Å². The zero-order valence-corrected chi connectivity index (χ0v) is 16.0. The molecule has 1 saturated carbocycles. The third-order valence-corrected chi connectivity index (χ3v) is 5.77. The first-order chi connectivity index (χ1) is 13.3. The number of para-hydroxylation sites is 1. The molecule has 0 spiro atoms. The minimum absolute atomic E-state index is 0.0352. The molecule has 2 aromatic carbocycles. The zero-order chi connectivity index (χ0) is 18.6. The Morgan fingerprint density at radius 1 is 1.07 bits per heavy atom. The van der Waals surface area contributed by atoms with Crippen molar-refractivity contribution in [2.24, 2.45) is 0 Å². The smallest absolute Gasteiger partial charge is 0.234 e. The van der Waals surface area contributed by atoms with Gasteiger partial charge in [-0.3, -0.25) is 4.79 Å². The molecule has 27 heavy (non-hydrogen) atoms. The van der Waals surface area contributed by atoms with Crippen molar-refractivity contribution in [3.63, 3.8) is 0 Å². The number of thioether (sulfide) groups is 1. The van der Waals surface area contributed by atoms with Crippen LogP contribution >= 0.6 is 11.8 Å². The highest BCUT2D eigenvalue weighted by Crippen LogP contribution is 2.54. The summed E-state index contributed by atoms with van der Waals surface area (Å²) in [6, 6.07) is 20.1. The number of rotatable bonds is 7. The summed E-state index contributed by atoms with van der Waals surface area (Å²) in [7, 11) is 0. The van der Waals surface area contributed by atoms with Gasteiger partial charge in [0.05, 0.1) is 5.75 Å². The van der Waals surface area contributed by atoms with E-state index in [4.69, 9.17) is 0 Å². The van der Waals surface area contributed by atoms with Gasteiger partial charge in [-0.05, 0) is 37.0 Å². The summed E-state index contributed by atoms with van der Waals surface area (Å²) in [4.78, 5) is 12.2. The Morgan fingerprint density at radius 2 is 1.78 bits per heavy atom. The highest BCUT2D eigenvalue weighted by Gasteiger charge is 2.43. The predicted octanol–water partition coefficient (Wildman–Crippen LogP) is 4.30. The number of hydrogen-bond donors (Lipinski definition) is 1. The van der Waals surface area contributed by atoms with Crippen LogP contribution in [0.2, 0.25) is 0 Å². The van der Waals surface area contributed by atoms with Crippen molar-refractivity contribution >= 4 is 23.4 Å². The topological polar surface area (TPSA) is 59.8 Å². The second kappa shape index (κ2) is 7.96. The number of hydrogen-bond acceptors (Lipinski definition) is 4. The number of aromatic nitrogens is 3. The standard InChI is InChI=1S/C21H22N4OS/c1-2-25-20(18-13-17(18)15-9-5-3-6-10-15)23-24-21(25)27-14-19(26)22-16-11-7-4-8-12-16/h3-12,17-18H,2,13-14H2,1H3,(H,22,26). The van der Waals surface area contributed by atoms with Gasteiger partial charge in [-0.25, -0.2) is 0 Å². The van der Waals surface area contributed by atoms with E-state index in [1.807, 2.05) is 36.4 Å². The van der Waals surface area contributed by atoms with E-state index in [1.54, 1.807) is 0 Å². The summed E-state index contributed by atoms with van der Waals surface area (Å²) < 4.78 is 2.15. The Morgan fingerprint density at radius 3 is 2.48 bits per heavy atom. The molecule has 1 aliphatic rings. The molecule has 4 rings (SSSR count). The third kappa shape index (κ3) is 4.06. The average molecular weight is 379 g/mol. The number of nitrogens with zero attached hydrogens (tertiary/aromatic N) is 3. The highest BCUT2D eigenvalue weighted by molar-refractivity contribution is 7.99. The maximum Gasteiger partial charge on any atom is 0.234 e. The minimum Gasteiger partial charge on any atom is -0.325 e. The summed E-state index contributed by atoms with van der Waals surface area (Å²) in [5, 5.41) is 12.5. The van der Waals surface area contributed by atoms with Gasteiger partial charge in [0.2, 0.25) is 5.91 Å². The Hall–Kier alpha value is -2.60. The van der Waals surface area contributed by atoms with Crippen molar-refractivity contribution in [3.05, 3.63) is 72.1 Å². The van der Waals surface area contributed by atoms with Crippen molar-refractivity contribution in [1.82, 2.24) is 14.8 Å². The molecule has 2 atom stereocenters. The fourth-order valence-corrected chi connectivity index (χ4v) is 4.19. The van der Waals surface area contributed by atoms with E-state index in [-0.39, 0.29) is 5.91 Å². The van der Waals surface area contributed by atoms with E-state index < -0.39 is 0 Å². The van der Waals surface area contributed by atoms with Crippen molar-refractivity contribution < 1.29 is 4.79 Å². The summed E-state index contributed by atoms with van der Waals surface area (Å²) >= 11 is 1.44. The molecule has 1 fully saturated rings. The average Bonchev–Trinajstić information content (AvgIpc) is 3.40. The zero-order valence-electron chi connectivity index (χ0n) is 15.2. The number of carbonyl (C=O) groups excluding carboxylic acids is 1. The normalized spacial score (nSPS) is 18.3. The van der Waals surface area contributed by atoms with Gasteiger partial charge in [-0.2, -0.15) is 0 Å². The summed E-state index contributed by atoms with van der Waals surface area (Å²) in [5.74, 6) is 2.27. The molecule has 0 radical (unpaired) electrons. The molecule has 3 aromatic rings. The van der Waals surface area contributed by atoms with Crippen LogP contribution in [0.3, 0.4) is 0 Å². The predicted molar refractivity (Wildman–Crippen MR) is 108 cm³/mol. The summed E-state index contributed by atoms with van der Waals surface area (Å²) in [6.07, 6.45) is 1.11. The van der Waals surface area contributed by atoms with Crippen LogP contribution in [0.15, 0.2) is 65.8 Å². The lowest BCUT2D eigenvalue weighted by atomic mass is 10.1. The lowest BCUT2D eigenvalue weighted by molar-refractivity contribution is -0.113. The summed E-state index contributed by atoms with van der Waals surface area (Å²) in [5.41, 5.74) is 2.18. The second-order valence-corrected chi connectivity index (χ2v) is 7.59. The number of anilines is 1. The third-order valence-electron chi connectivity index (χ3n) is 4.80. The number of benzene rings is 2. The molecule has 5 nitrogen and oxygen atoms in total. The maximum absolute atomic E-state index is 12.2. The van der Waals surface area contributed by atoms with Gasteiger partial charge in [0.15, 0.2) is 5.16 Å². The van der Waals surface area contributed by atoms with Crippen LogP contribution in [0.5, 0.6) is 0 Å². The van der Waals surface area contributed by atoms with Gasteiger partial charge in [-0.1, -0.05) is 60.3 Å². The first kappa shape index (κ1) is 17.8. The molecule has 1 heterocycles. The number of nitrogens with one attached hydrogen (secondary N) is 1. The Bertz CT molecular complexity index is 910. The fourth-order valence-electron chi connectivity index (χ4n) is 3.38. The highest BCUT2D eigenvalue weighted by atomic mass is 32.2. The lowest BCUT2D eigenvalue weighted by Gasteiger charge is -2.08. The number of carbonyl (C=O) groups is 1. The van der Waals surface area contributed by atoms with E-state index in [1.165, 1.54) is 17.3 Å². The van der Waals surface area contributed by atoms with Gasteiger partial charge >= 0.3 is 0 Å². The van der Waals surface area contributed by atoms with Crippen molar-refractivity contribution in [3.8, 4) is 0 Å². The maximum atomic E-state index is 12.2. The Kier molecular flexibility index (Phi) is 5.25. The van der Waals surface area contributed by atoms with Crippen LogP contribution in [0.4, 0.5) is 5.69 Å². The molecule has 0 bridgehead atoms. The van der Waals surface area contributed by atoms with Crippen LogP contribution in [0.1, 0.15) is 36.6 Å². The van der Waals surface area contributed by atoms with Gasteiger partial charge < -0.3 is 9.88 Å². The lowest BCUT2D eigenvalue weighted by Crippen LogP contribution is -2.14. The van der Waals surface area contributed by atoms with Crippen LogP contribution in [-0.2, 0) is 11.3 Å². The van der Waals surface area contributed by atoms with Crippen LogP contribution in [-0.4, -0.2) is 26.4 Å². The Balaban J connectivity index is 1.39. The van der Waals surface area contributed by atoms with Crippen LogP contribution in [0.25, 0.3) is 0 Å². The van der Waals surface area contributed by atoms with E-state index in [0.29, 0.717) is 17.6 Å². The molecular weight excluding hydrogens is 356 g/mol. The first-order valence-electron chi connectivity index (χ1n) is 9.22. The number of amides is 1. The quantitative estimate of drug-likeness (QED) is 0.623. The van der Waals surface area contributed by atoms with Crippen molar-refractivity contribution in [1.29, 1.82) is 0 Å². The molecule has 138 valence electrons. The molecule has 1 aliphatic carbocycles. The van der Waals surface area contributed by atoms with Crippen LogP contribution in [0, 0.1) is 0 Å². The molecular formula is C21H22N4OS. The van der Waals surface area contributed by atoms with Gasteiger partial charge in [0.1, 0.15) is 5.82 Å². The molecule has 0 aliphatic heterocycles. The SMILES string of the molecule is CCn1c(SCC(=O)Nc2ccccc2)nnc1C1CC1c1ccccc1. The molecule has 1 N–H and O–H groups in total. The summed E-state index contributed by atoms with van der Waals surface area (Å²) in [6.45, 7) is 2.91. The Labute approximate surface area is 163 Å². The van der Waals surface area contributed by atoms with Crippen LogP contribution < -0.4 is 5.32 Å². The van der Waals surface area contributed by atoms with E-state index in [2.05, 4.69) is 51.3 Å². The molecule has 1 aromatic heterocycles. The van der Waals surface area contributed by atoms with Gasteiger partial charge in [0.25, 0.3) is 0 Å². The van der Waals surface area contributed by atoms with Crippen molar-refractivity contribution in [2.45, 2.75) is 36.9 Å². The minimum atomic E-state index is -0.0352. The molecule has 0 saturated heterocycles. The first-order valence-corrected chi connectivity index (χ1v) is 10.2.